The number of likely N-dealkylation sites (tertiary alicyclic amines) is 2. The average Bonchev–Trinajstić information content (AvgIpc) is 3.10. The van der Waals surface area contributed by atoms with E-state index in [-0.39, 0.29) is 12.1 Å². The Kier molecular flexibility index (Phi) is 3.58. The molecule has 19 heavy (non-hydrogen) atoms. The highest BCUT2D eigenvalue weighted by molar-refractivity contribution is 5.75. The van der Waals surface area contributed by atoms with Crippen molar-refractivity contribution in [2.45, 2.75) is 25.4 Å². The summed E-state index contributed by atoms with van der Waals surface area (Å²) in [6.07, 6.45) is 3.34. The highest BCUT2D eigenvalue weighted by atomic mass is 16.5. The maximum Gasteiger partial charge on any atom is 0.320 e. The fourth-order valence-electron chi connectivity index (χ4n) is 2.80. The minimum atomic E-state index is 0.133. The van der Waals surface area contributed by atoms with Crippen molar-refractivity contribution in [1.29, 1.82) is 0 Å². The normalized spacial score (nSPS) is 22.8. The number of ether oxygens (including phenoxy) is 1. The van der Waals surface area contributed by atoms with Crippen LogP contribution in [0.3, 0.4) is 0 Å². The summed E-state index contributed by atoms with van der Waals surface area (Å²) in [7, 11) is 0. The molecule has 0 aliphatic carbocycles. The quantitative estimate of drug-likeness (QED) is 0.817. The summed E-state index contributed by atoms with van der Waals surface area (Å²) in [5, 5.41) is 0. The van der Waals surface area contributed by atoms with E-state index in [1.807, 2.05) is 40.1 Å². The van der Waals surface area contributed by atoms with Gasteiger partial charge in [-0.2, -0.15) is 0 Å². The monoisotopic (exact) mass is 260 g/mol. The van der Waals surface area contributed by atoms with E-state index in [1.165, 1.54) is 0 Å². The van der Waals surface area contributed by atoms with Gasteiger partial charge in [0.1, 0.15) is 11.9 Å². The molecule has 2 heterocycles. The van der Waals surface area contributed by atoms with Crippen LogP contribution >= 0.6 is 0 Å². The summed E-state index contributed by atoms with van der Waals surface area (Å²) in [5.41, 5.74) is 0. The highest BCUT2D eigenvalue weighted by Gasteiger charge is 2.31. The first-order chi connectivity index (χ1) is 9.33. The fraction of sp³-hybridized carbons (Fsp3) is 0.533. The van der Waals surface area contributed by atoms with Crippen LogP contribution in [0.4, 0.5) is 4.79 Å². The van der Waals surface area contributed by atoms with Crippen molar-refractivity contribution < 1.29 is 9.53 Å². The summed E-state index contributed by atoms with van der Waals surface area (Å²) in [4.78, 5) is 16.1. The Balaban J connectivity index is 1.53. The number of benzene rings is 1. The van der Waals surface area contributed by atoms with Gasteiger partial charge in [-0.3, -0.25) is 0 Å². The number of carbonyl (C=O) groups excluding carboxylic acids is 1. The van der Waals surface area contributed by atoms with E-state index in [4.69, 9.17) is 4.74 Å². The van der Waals surface area contributed by atoms with Gasteiger partial charge in [-0.15, -0.1) is 0 Å². The molecule has 3 rings (SSSR count). The second-order valence-electron chi connectivity index (χ2n) is 5.26. The van der Waals surface area contributed by atoms with Crippen LogP contribution in [0.25, 0.3) is 0 Å². The molecule has 0 aromatic heterocycles. The number of nitrogens with zero attached hydrogens (tertiary/aromatic N) is 2. The van der Waals surface area contributed by atoms with Gasteiger partial charge in [-0.25, -0.2) is 4.79 Å². The highest BCUT2D eigenvalue weighted by Crippen LogP contribution is 2.20. The summed E-state index contributed by atoms with van der Waals surface area (Å²) in [6, 6.07) is 10.0. The van der Waals surface area contributed by atoms with Gasteiger partial charge in [0.2, 0.25) is 0 Å². The molecule has 4 nitrogen and oxygen atoms in total. The molecule has 102 valence electrons. The number of carbonyl (C=O) groups is 1. The Hall–Kier alpha value is -1.71. The van der Waals surface area contributed by atoms with E-state index in [9.17, 15) is 4.79 Å². The standard InChI is InChI=1S/C15H20N2O2/c18-15(16-9-4-5-10-16)17-11-8-14(12-17)19-13-6-2-1-3-7-13/h1-3,6-7,14H,4-5,8-12H2/t14-/m0/s1. The summed E-state index contributed by atoms with van der Waals surface area (Å²) < 4.78 is 5.91. The summed E-state index contributed by atoms with van der Waals surface area (Å²) in [6.45, 7) is 3.36. The van der Waals surface area contributed by atoms with Gasteiger partial charge in [0.15, 0.2) is 0 Å². The molecule has 0 bridgehead atoms. The van der Waals surface area contributed by atoms with Crippen LogP contribution in [-0.2, 0) is 0 Å². The third kappa shape index (κ3) is 2.83. The molecule has 2 amide bonds. The minimum absolute atomic E-state index is 0.133. The molecule has 2 saturated heterocycles. The van der Waals surface area contributed by atoms with Gasteiger partial charge >= 0.3 is 6.03 Å². The van der Waals surface area contributed by atoms with Crippen LogP contribution in [0.5, 0.6) is 5.75 Å². The minimum Gasteiger partial charge on any atom is -0.489 e. The zero-order chi connectivity index (χ0) is 13.1. The van der Waals surface area contributed by atoms with Crippen LogP contribution in [-0.4, -0.2) is 48.1 Å². The van der Waals surface area contributed by atoms with Gasteiger partial charge in [0, 0.05) is 26.1 Å². The molecule has 2 aliphatic rings. The maximum absolute atomic E-state index is 12.2. The van der Waals surface area contributed by atoms with Gasteiger partial charge in [-0.1, -0.05) is 18.2 Å². The van der Waals surface area contributed by atoms with Crippen molar-refractivity contribution in [3.63, 3.8) is 0 Å². The Morgan fingerprint density at radius 2 is 1.79 bits per heavy atom. The second-order valence-corrected chi connectivity index (χ2v) is 5.26. The van der Waals surface area contributed by atoms with E-state index in [2.05, 4.69) is 0 Å². The van der Waals surface area contributed by atoms with Gasteiger partial charge in [-0.05, 0) is 25.0 Å². The molecule has 1 aromatic rings. The van der Waals surface area contributed by atoms with Crippen molar-refractivity contribution in [1.82, 2.24) is 9.80 Å². The predicted octanol–water partition coefficient (Wildman–Crippen LogP) is 2.36. The summed E-state index contributed by atoms with van der Waals surface area (Å²) >= 11 is 0. The molecule has 1 atom stereocenters. The molecule has 0 radical (unpaired) electrons. The first-order valence-electron chi connectivity index (χ1n) is 7.08. The van der Waals surface area contributed by atoms with Crippen molar-refractivity contribution in [2.24, 2.45) is 0 Å². The number of urea groups is 1. The Morgan fingerprint density at radius 3 is 2.53 bits per heavy atom. The lowest BCUT2D eigenvalue weighted by molar-refractivity contribution is 0.160. The number of para-hydroxylation sites is 1. The van der Waals surface area contributed by atoms with Gasteiger partial charge in [0.25, 0.3) is 0 Å². The number of hydrogen-bond acceptors (Lipinski definition) is 2. The first-order valence-corrected chi connectivity index (χ1v) is 7.08. The lowest BCUT2D eigenvalue weighted by atomic mass is 10.3. The average molecular weight is 260 g/mol. The van der Waals surface area contributed by atoms with E-state index in [0.29, 0.717) is 6.54 Å². The van der Waals surface area contributed by atoms with Crippen LogP contribution in [0, 0.1) is 0 Å². The third-order valence-electron chi connectivity index (χ3n) is 3.84. The van der Waals surface area contributed by atoms with Crippen LogP contribution in [0.1, 0.15) is 19.3 Å². The largest absolute Gasteiger partial charge is 0.489 e. The molecule has 0 spiro atoms. The molecule has 0 unspecified atom stereocenters. The smallest absolute Gasteiger partial charge is 0.320 e. The van der Waals surface area contributed by atoms with E-state index >= 15 is 0 Å². The number of rotatable bonds is 2. The van der Waals surface area contributed by atoms with Crippen molar-refractivity contribution in [3.8, 4) is 5.75 Å². The van der Waals surface area contributed by atoms with Crippen molar-refractivity contribution in [3.05, 3.63) is 30.3 Å². The lowest BCUT2D eigenvalue weighted by Gasteiger charge is -2.23. The fourth-order valence-corrected chi connectivity index (χ4v) is 2.80. The maximum atomic E-state index is 12.2. The van der Waals surface area contributed by atoms with E-state index < -0.39 is 0 Å². The molecule has 2 fully saturated rings. The van der Waals surface area contributed by atoms with E-state index in [0.717, 1.165) is 44.6 Å². The predicted molar refractivity (Wildman–Crippen MR) is 73.3 cm³/mol. The Labute approximate surface area is 113 Å². The second kappa shape index (κ2) is 5.51. The first kappa shape index (κ1) is 12.3. The zero-order valence-electron chi connectivity index (χ0n) is 11.1. The van der Waals surface area contributed by atoms with Crippen molar-refractivity contribution >= 4 is 6.03 Å². The molecule has 0 N–H and O–H groups in total. The van der Waals surface area contributed by atoms with Gasteiger partial charge in [0.05, 0.1) is 6.54 Å². The topological polar surface area (TPSA) is 32.8 Å². The Morgan fingerprint density at radius 1 is 1.05 bits per heavy atom. The molecular weight excluding hydrogens is 240 g/mol. The number of hydrogen-bond donors (Lipinski definition) is 0. The Bertz CT molecular complexity index is 429. The molecule has 4 heteroatoms. The van der Waals surface area contributed by atoms with Crippen LogP contribution in [0.2, 0.25) is 0 Å². The van der Waals surface area contributed by atoms with Crippen LogP contribution in [0.15, 0.2) is 30.3 Å². The molecule has 2 aliphatic heterocycles. The molecular formula is C15H20N2O2. The third-order valence-corrected chi connectivity index (χ3v) is 3.84. The van der Waals surface area contributed by atoms with Crippen molar-refractivity contribution in [2.75, 3.05) is 26.2 Å². The molecule has 1 aromatic carbocycles. The summed E-state index contributed by atoms with van der Waals surface area (Å²) in [5.74, 6) is 0.892. The zero-order valence-corrected chi connectivity index (χ0v) is 11.1. The van der Waals surface area contributed by atoms with Crippen LogP contribution < -0.4 is 4.74 Å². The lowest BCUT2D eigenvalue weighted by Crippen LogP contribution is -2.41. The molecule has 0 saturated carbocycles. The van der Waals surface area contributed by atoms with E-state index in [1.54, 1.807) is 0 Å². The van der Waals surface area contributed by atoms with Gasteiger partial charge < -0.3 is 14.5 Å². The number of amides is 2. The SMILES string of the molecule is O=C(N1CCCC1)N1CC[C@H](Oc2ccccc2)C1.